The van der Waals surface area contributed by atoms with Crippen molar-refractivity contribution in [2.45, 2.75) is 24.8 Å². The average Bonchev–Trinajstić information content (AvgIpc) is 2.33. The largest absolute Gasteiger partial charge is 0.313 e. The lowest BCUT2D eigenvalue weighted by atomic mass is 9.76. The van der Waals surface area contributed by atoms with Gasteiger partial charge in [-0.05, 0) is 30.4 Å². The molecule has 3 heteroatoms. The molecule has 1 nitrogen and oxygen atoms in total. The van der Waals surface area contributed by atoms with Crippen LogP contribution < -0.4 is 5.32 Å². The molecule has 2 rings (SSSR count). The van der Waals surface area contributed by atoms with E-state index in [1.54, 1.807) is 0 Å². The highest BCUT2D eigenvalue weighted by atomic mass is 35.5. The molecule has 18 heavy (non-hydrogen) atoms. The van der Waals surface area contributed by atoms with Crippen molar-refractivity contribution in [3.8, 4) is 0 Å². The number of hydrogen-bond donors (Lipinski definition) is 1. The third-order valence-corrected chi connectivity index (χ3v) is 4.71. The lowest BCUT2D eigenvalue weighted by Crippen LogP contribution is -2.41. The normalized spacial score (nSPS) is 22.5. The Bertz CT molecular complexity index is 388. The summed E-state index contributed by atoms with van der Waals surface area (Å²) in [5.74, 6) is 2.87. The zero-order valence-corrected chi connectivity index (χ0v) is 12.1. The molecular formula is C15H20ClNS. The topological polar surface area (TPSA) is 12.0 Å². The average molecular weight is 282 g/mol. The van der Waals surface area contributed by atoms with E-state index in [0.29, 0.717) is 12.0 Å². The zero-order valence-electron chi connectivity index (χ0n) is 10.6. The Morgan fingerprint density at radius 1 is 1.39 bits per heavy atom. The first-order valence-electron chi connectivity index (χ1n) is 6.47. The summed E-state index contributed by atoms with van der Waals surface area (Å²) in [4.78, 5) is 0. The van der Waals surface area contributed by atoms with Crippen LogP contribution in [0.15, 0.2) is 36.9 Å². The van der Waals surface area contributed by atoms with Crippen molar-refractivity contribution in [2.24, 2.45) is 0 Å². The molecule has 1 aromatic rings. The summed E-state index contributed by atoms with van der Waals surface area (Å²) in [7, 11) is 0. The van der Waals surface area contributed by atoms with Crippen molar-refractivity contribution in [3.05, 3.63) is 47.5 Å². The Morgan fingerprint density at radius 3 is 2.89 bits per heavy atom. The van der Waals surface area contributed by atoms with E-state index in [9.17, 15) is 0 Å². The SMILES string of the molecule is C=CCSCCNC1CC(c2ccccc2Cl)C1. The lowest BCUT2D eigenvalue weighted by molar-refractivity contribution is 0.296. The van der Waals surface area contributed by atoms with E-state index in [-0.39, 0.29) is 0 Å². The summed E-state index contributed by atoms with van der Waals surface area (Å²) in [6.07, 6.45) is 4.40. The molecule has 0 unspecified atom stereocenters. The van der Waals surface area contributed by atoms with E-state index in [4.69, 9.17) is 11.6 Å². The number of halogens is 1. The molecule has 1 aliphatic rings. The molecule has 0 amide bonds. The van der Waals surface area contributed by atoms with E-state index in [1.807, 2.05) is 30.0 Å². The molecule has 0 aliphatic heterocycles. The fraction of sp³-hybridized carbons (Fsp3) is 0.467. The van der Waals surface area contributed by atoms with E-state index >= 15 is 0 Å². The number of rotatable bonds is 7. The number of benzene rings is 1. The zero-order chi connectivity index (χ0) is 12.8. The quantitative estimate of drug-likeness (QED) is 0.597. The van der Waals surface area contributed by atoms with Crippen molar-refractivity contribution in [2.75, 3.05) is 18.1 Å². The van der Waals surface area contributed by atoms with E-state index in [2.05, 4.69) is 24.0 Å². The summed E-state index contributed by atoms with van der Waals surface area (Å²) in [6.45, 7) is 4.81. The molecule has 0 spiro atoms. The van der Waals surface area contributed by atoms with Crippen LogP contribution in [0.3, 0.4) is 0 Å². The molecule has 98 valence electrons. The molecule has 1 aromatic carbocycles. The molecule has 1 saturated carbocycles. The Kier molecular flexibility index (Phi) is 5.61. The standard InChI is InChI=1S/C15H20ClNS/c1-2-8-18-9-7-17-13-10-12(11-13)14-5-3-4-6-15(14)16/h2-6,12-13,17H,1,7-11H2. The molecule has 0 bridgehead atoms. The molecule has 0 aromatic heterocycles. The lowest BCUT2D eigenvalue weighted by Gasteiger charge is -2.36. The maximum Gasteiger partial charge on any atom is 0.0440 e. The minimum absolute atomic E-state index is 0.650. The van der Waals surface area contributed by atoms with Crippen molar-refractivity contribution in [3.63, 3.8) is 0 Å². The molecule has 1 N–H and O–H groups in total. The van der Waals surface area contributed by atoms with Gasteiger partial charge in [0, 0.05) is 29.1 Å². The van der Waals surface area contributed by atoms with Gasteiger partial charge in [-0.3, -0.25) is 0 Å². The van der Waals surface area contributed by atoms with Gasteiger partial charge in [-0.1, -0.05) is 35.9 Å². The van der Waals surface area contributed by atoms with Crippen molar-refractivity contribution in [1.29, 1.82) is 0 Å². The number of nitrogens with one attached hydrogen (secondary N) is 1. The van der Waals surface area contributed by atoms with Crippen LogP contribution in [0, 0.1) is 0 Å². The molecule has 0 heterocycles. The summed E-state index contributed by atoms with van der Waals surface area (Å²) in [5, 5.41) is 4.52. The van der Waals surface area contributed by atoms with Crippen molar-refractivity contribution < 1.29 is 0 Å². The summed E-state index contributed by atoms with van der Waals surface area (Å²) < 4.78 is 0. The second-order valence-electron chi connectivity index (χ2n) is 4.70. The van der Waals surface area contributed by atoms with Gasteiger partial charge in [-0.2, -0.15) is 11.8 Å². The molecule has 0 saturated heterocycles. The van der Waals surface area contributed by atoms with Crippen LogP contribution in [0.4, 0.5) is 0 Å². The maximum atomic E-state index is 6.21. The fourth-order valence-corrected chi connectivity index (χ4v) is 3.23. The van der Waals surface area contributed by atoms with Gasteiger partial charge in [-0.25, -0.2) is 0 Å². The monoisotopic (exact) mass is 281 g/mol. The smallest absolute Gasteiger partial charge is 0.0440 e. The van der Waals surface area contributed by atoms with Crippen LogP contribution in [-0.4, -0.2) is 24.1 Å². The Hall–Kier alpha value is -0.440. The van der Waals surface area contributed by atoms with Gasteiger partial charge in [-0.15, -0.1) is 6.58 Å². The Morgan fingerprint density at radius 2 is 2.17 bits per heavy atom. The minimum Gasteiger partial charge on any atom is -0.313 e. The summed E-state index contributed by atoms with van der Waals surface area (Å²) in [6, 6.07) is 8.90. The highest BCUT2D eigenvalue weighted by Gasteiger charge is 2.30. The van der Waals surface area contributed by atoms with Crippen LogP contribution in [0.25, 0.3) is 0 Å². The third kappa shape index (κ3) is 3.78. The van der Waals surface area contributed by atoms with E-state index in [1.165, 1.54) is 24.2 Å². The summed E-state index contributed by atoms with van der Waals surface area (Å²) >= 11 is 8.14. The van der Waals surface area contributed by atoms with Gasteiger partial charge in [0.1, 0.15) is 0 Å². The third-order valence-electron chi connectivity index (χ3n) is 3.40. The second kappa shape index (κ2) is 7.22. The van der Waals surface area contributed by atoms with Crippen molar-refractivity contribution >= 4 is 23.4 Å². The molecule has 0 atom stereocenters. The fourth-order valence-electron chi connectivity index (χ4n) is 2.35. The van der Waals surface area contributed by atoms with E-state index in [0.717, 1.165) is 17.3 Å². The molecular weight excluding hydrogens is 262 g/mol. The maximum absolute atomic E-state index is 6.21. The predicted octanol–water partition coefficient (Wildman–Crippen LogP) is 4.09. The van der Waals surface area contributed by atoms with Gasteiger partial charge in [0.2, 0.25) is 0 Å². The van der Waals surface area contributed by atoms with Gasteiger partial charge in [0.05, 0.1) is 0 Å². The van der Waals surface area contributed by atoms with Gasteiger partial charge < -0.3 is 5.32 Å². The number of hydrogen-bond acceptors (Lipinski definition) is 2. The van der Waals surface area contributed by atoms with Crippen LogP contribution in [0.5, 0.6) is 0 Å². The number of thioether (sulfide) groups is 1. The second-order valence-corrected chi connectivity index (χ2v) is 6.26. The van der Waals surface area contributed by atoms with Gasteiger partial charge >= 0.3 is 0 Å². The first-order chi connectivity index (χ1) is 8.81. The van der Waals surface area contributed by atoms with Crippen LogP contribution in [0.1, 0.15) is 24.3 Å². The van der Waals surface area contributed by atoms with Crippen LogP contribution >= 0.6 is 23.4 Å². The first-order valence-corrected chi connectivity index (χ1v) is 8.01. The predicted molar refractivity (Wildman–Crippen MR) is 82.7 cm³/mol. The molecule has 0 radical (unpaired) electrons. The first kappa shape index (κ1) is 14.0. The summed E-state index contributed by atoms with van der Waals surface area (Å²) in [5.41, 5.74) is 1.32. The van der Waals surface area contributed by atoms with E-state index < -0.39 is 0 Å². The van der Waals surface area contributed by atoms with Gasteiger partial charge in [0.15, 0.2) is 0 Å². The highest BCUT2D eigenvalue weighted by Crippen LogP contribution is 2.39. The minimum atomic E-state index is 0.650. The van der Waals surface area contributed by atoms with Crippen molar-refractivity contribution in [1.82, 2.24) is 5.32 Å². The highest BCUT2D eigenvalue weighted by molar-refractivity contribution is 7.99. The Balaban J connectivity index is 1.65. The van der Waals surface area contributed by atoms with Gasteiger partial charge in [0.25, 0.3) is 0 Å². The molecule has 1 aliphatic carbocycles. The Labute approximate surface area is 119 Å². The van der Waals surface area contributed by atoms with Crippen LogP contribution in [-0.2, 0) is 0 Å². The van der Waals surface area contributed by atoms with Crippen LogP contribution in [0.2, 0.25) is 5.02 Å². The molecule has 1 fully saturated rings.